The lowest BCUT2D eigenvalue weighted by Crippen LogP contribution is -2.44. The second kappa shape index (κ2) is 7.98. The maximum atomic E-state index is 11.8. The number of hydrogen-bond donors (Lipinski definition) is 3. The topological polar surface area (TPSA) is 53.2 Å². The van der Waals surface area contributed by atoms with E-state index in [0.717, 1.165) is 11.3 Å². The highest BCUT2D eigenvalue weighted by Crippen LogP contribution is 2.15. The predicted molar refractivity (Wildman–Crippen MR) is 94.1 cm³/mol. The smallest absolute Gasteiger partial charge is 0.242 e. The molecule has 22 heavy (non-hydrogen) atoms. The van der Waals surface area contributed by atoms with Gasteiger partial charge in [0.2, 0.25) is 5.91 Å². The molecule has 7 heteroatoms. The van der Waals surface area contributed by atoms with Gasteiger partial charge in [0.1, 0.15) is 0 Å². The van der Waals surface area contributed by atoms with Gasteiger partial charge in [-0.25, -0.2) is 0 Å². The lowest BCUT2D eigenvalue weighted by atomic mass is 10.1. The van der Waals surface area contributed by atoms with E-state index in [9.17, 15) is 4.79 Å². The number of hydrazine groups is 1. The van der Waals surface area contributed by atoms with Crippen LogP contribution >= 0.6 is 35.4 Å². The van der Waals surface area contributed by atoms with Crippen molar-refractivity contribution in [2.45, 2.75) is 6.42 Å². The van der Waals surface area contributed by atoms with Crippen LogP contribution < -0.4 is 16.2 Å². The molecule has 3 N–H and O–H groups in total. The van der Waals surface area contributed by atoms with E-state index in [1.165, 1.54) is 0 Å². The number of hydrogen-bond acceptors (Lipinski definition) is 2. The molecule has 0 bridgehead atoms. The highest BCUT2D eigenvalue weighted by Gasteiger charge is 2.07. The number of amides is 1. The molecule has 0 aliphatic rings. The van der Waals surface area contributed by atoms with Gasteiger partial charge in [0.05, 0.1) is 6.42 Å². The van der Waals surface area contributed by atoms with Crippen molar-refractivity contribution in [3.8, 4) is 0 Å². The van der Waals surface area contributed by atoms with Crippen LogP contribution in [0.3, 0.4) is 0 Å². The van der Waals surface area contributed by atoms with Crippen molar-refractivity contribution in [3.05, 3.63) is 64.1 Å². The van der Waals surface area contributed by atoms with Crippen molar-refractivity contribution in [2.75, 3.05) is 5.32 Å². The maximum Gasteiger partial charge on any atom is 0.242 e. The second-order valence-electron chi connectivity index (χ2n) is 4.41. The molecular formula is C15H13Cl2N3OS. The van der Waals surface area contributed by atoms with Crippen LogP contribution in [0.2, 0.25) is 10.0 Å². The average Bonchev–Trinajstić information content (AvgIpc) is 2.48. The third-order valence-electron chi connectivity index (χ3n) is 2.71. The summed E-state index contributed by atoms with van der Waals surface area (Å²) in [5, 5.41) is 4.31. The van der Waals surface area contributed by atoms with Gasteiger partial charge in [-0.1, -0.05) is 47.5 Å². The zero-order valence-electron chi connectivity index (χ0n) is 11.4. The molecule has 0 spiro atoms. The number of halogens is 2. The first-order valence-electron chi connectivity index (χ1n) is 6.39. The first kappa shape index (κ1) is 16.5. The summed E-state index contributed by atoms with van der Waals surface area (Å²) in [6, 6.07) is 14.3. The Balaban J connectivity index is 1.81. The molecule has 4 nitrogen and oxygen atoms in total. The van der Waals surface area contributed by atoms with Crippen molar-refractivity contribution in [1.82, 2.24) is 10.9 Å². The normalized spacial score (nSPS) is 9.91. The third kappa shape index (κ3) is 5.18. The summed E-state index contributed by atoms with van der Waals surface area (Å²) in [6.07, 6.45) is 0.159. The molecule has 0 aliphatic carbocycles. The first-order chi connectivity index (χ1) is 10.5. The van der Waals surface area contributed by atoms with Crippen LogP contribution in [-0.2, 0) is 11.2 Å². The van der Waals surface area contributed by atoms with Gasteiger partial charge in [-0.2, -0.15) is 0 Å². The SMILES string of the molecule is O=C(Cc1ccccc1Cl)NNC(=S)Nc1cccc(Cl)c1. The van der Waals surface area contributed by atoms with Crippen molar-refractivity contribution < 1.29 is 4.79 Å². The minimum atomic E-state index is -0.247. The molecule has 1 amide bonds. The van der Waals surface area contributed by atoms with E-state index in [-0.39, 0.29) is 17.4 Å². The molecule has 0 heterocycles. The first-order valence-corrected chi connectivity index (χ1v) is 7.56. The van der Waals surface area contributed by atoms with Gasteiger partial charge >= 0.3 is 0 Å². The highest BCUT2D eigenvalue weighted by atomic mass is 35.5. The average molecular weight is 354 g/mol. The van der Waals surface area contributed by atoms with E-state index in [4.69, 9.17) is 35.4 Å². The summed E-state index contributed by atoms with van der Waals surface area (Å²) >= 11 is 17.0. The molecule has 0 atom stereocenters. The van der Waals surface area contributed by atoms with Crippen LogP contribution in [0.1, 0.15) is 5.56 Å². The van der Waals surface area contributed by atoms with Gasteiger partial charge in [-0.05, 0) is 42.0 Å². The summed E-state index contributed by atoms with van der Waals surface area (Å²) in [5.74, 6) is -0.247. The number of rotatable bonds is 3. The molecule has 2 aromatic carbocycles. The molecule has 0 aliphatic heterocycles. The molecule has 0 fully saturated rings. The molecule has 114 valence electrons. The minimum absolute atomic E-state index is 0.159. The number of carbonyl (C=O) groups is 1. The fraction of sp³-hybridized carbons (Fsp3) is 0.0667. The molecule has 0 aromatic heterocycles. The number of anilines is 1. The maximum absolute atomic E-state index is 11.8. The number of carbonyl (C=O) groups excluding carboxylic acids is 1. The van der Waals surface area contributed by atoms with Gasteiger partial charge < -0.3 is 5.32 Å². The number of nitrogens with one attached hydrogen (secondary N) is 3. The van der Waals surface area contributed by atoms with E-state index < -0.39 is 0 Å². The Bertz CT molecular complexity index is 694. The van der Waals surface area contributed by atoms with Crippen LogP contribution in [-0.4, -0.2) is 11.0 Å². The zero-order chi connectivity index (χ0) is 15.9. The fourth-order valence-electron chi connectivity index (χ4n) is 1.71. The molecule has 2 rings (SSSR count). The Labute approximate surface area is 143 Å². The molecule has 2 aromatic rings. The van der Waals surface area contributed by atoms with Gasteiger partial charge in [0.25, 0.3) is 0 Å². The van der Waals surface area contributed by atoms with Crippen molar-refractivity contribution in [1.29, 1.82) is 0 Å². The van der Waals surface area contributed by atoms with Crippen LogP contribution in [0.25, 0.3) is 0 Å². The Kier molecular flexibility index (Phi) is 6.00. The van der Waals surface area contributed by atoms with Crippen LogP contribution in [0.5, 0.6) is 0 Å². The Hall–Kier alpha value is -1.82. The van der Waals surface area contributed by atoms with Gasteiger partial charge in [0, 0.05) is 15.7 Å². The lowest BCUT2D eigenvalue weighted by Gasteiger charge is -2.12. The van der Waals surface area contributed by atoms with Crippen LogP contribution in [0.4, 0.5) is 5.69 Å². The van der Waals surface area contributed by atoms with E-state index in [2.05, 4.69) is 16.2 Å². The summed E-state index contributed by atoms with van der Waals surface area (Å²) in [5.41, 5.74) is 6.61. The molecule has 0 unspecified atom stereocenters. The number of thiocarbonyl (C=S) groups is 1. The van der Waals surface area contributed by atoms with Crippen molar-refractivity contribution in [2.24, 2.45) is 0 Å². The van der Waals surface area contributed by atoms with Gasteiger partial charge in [-0.15, -0.1) is 0 Å². The molecule has 0 saturated carbocycles. The molecular weight excluding hydrogens is 341 g/mol. The Morgan fingerprint density at radius 2 is 1.82 bits per heavy atom. The van der Waals surface area contributed by atoms with E-state index in [0.29, 0.717) is 10.0 Å². The summed E-state index contributed by atoms with van der Waals surface area (Å²) < 4.78 is 0. The van der Waals surface area contributed by atoms with Crippen LogP contribution in [0, 0.1) is 0 Å². The van der Waals surface area contributed by atoms with E-state index >= 15 is 0 Å². The van der Waals surface area contributed by atoms with Crippen molar-refractivity contribution >= 4 is 52.1 Å². The summed E-state index contributed by atoms with van der Waals surface area (Å²) in [4.78, 5) is 11.8. The highest BCUT2D eigenvalue weighted by molar-refractivity contribution is 7.80. The summed E-state index contributed by atoms with van der Waals surface area (Å²) in [7, 11) is 0. The predicted octanol–water partition coefficient (Wildman–Crippen LogP) is 3.55. The zero-order valence-corrected chi connectivity index (χ0v) is 13.7. The second-order valence-corrected chi connectivity index (χ2v) is 5.66. The lowest BCUT2D eigenvalue weighted by molar-refractivity contribution is -0.120. The van der Waals surface area contributed by atoms with Gasteiger partial charge in [-0.3, -0.25) is 15.6 Å². The molecule has 0 radical (unpaired) electrons. The van der Waals surface area contributed by atoms with Crippen molar-refractivity contribution in [3.63, 3.8) is 0 Å². The summed E-state index contributed by atoms with van der Waals surface area (Å²) in [6.45, 7) is 0. The quantitative estimate of drug-likeness (QED) is 0.583. The Morgan fingerprint density at radius 1 is 1.05 bits per heavy atom. The van der Waals surface area contributed by atoms with Gasteiger partial charge in [0.15, 0.2) is 5.11 Å². The Morgan fingerprint density at radius 3 is 2.55 bits per heavy atom. The standard InChI is InChI=1S/C15H13Cl2N3OS/c16-11-5-3-6-12(9-11)18-15(22)20-19-14(21)8-10-4-1-2-7-13(10)17/h1-7,9H,8H2,(H,19,21)(H2,18,20,22). The fourth-order valence-corrected chi connectivity index (χ4v) is 2.28. The number of benzene rings is 2. The minimum Gasteiger partial charge on any atom is -0.331 e. The van der Waals surface area contributed by atoms with E-state index in [1.807, 2.05) is 18.2 Å². The van der Waals surface area contributed by atoms with E-state index in [1.54, 1.807) is 30.3 Å². The third-order valence-corrected chi connectivity index (χ3v) is 3.51. The van der Waals surface area contributed by atoms with Crippen LogP contribution in [0.15, 0.2) is 48.5 Å². The molecule has 0 saturated heterocycles. The monoisotopic (exact) mass is 353 g/mol. The largest absolute Gasteiger partial charge is 0.331 e.